The van der Waals surface area contributed by atoms with Gasteiger partial charge in [0.15, 0.2) is 11.5 Å². The second kappa shape index (κ2) is 6.42. The molecule has 0 saturated carbocycles. The summed E-state index contributed by atoms with van der Waals surface area (Å²) in [5, 5.41) is 2.91. The van der Waals surface area contributed by atoms with Gasteiger partial charge in [0.2, 0.25) is 6.79 Å². The molecule has 28 heavy (non-hydrogen) atoms. The van der Waals surface area contributed by atoms with Crippen LogP contribution in [0.1, 0.15) is 10.4 Å². The van der Waals surface area contributed by atoms with E-state index in [1.807, 2.05) is 55.6 Å². The first-order chi connectivity index (χ1) is 13.7. The van der Waals surface area contributed by atoms with Gasteiger partial charge in [-0.25, -0.2) is 4.98 Å². The summed E-state index contributed by atoms with van der Waals surface area (Å²) in [4.78, 5) is 17.2. The molecular weight excluding hydrogens is 354 g/mol. The van der Waals surface area contributed by atoms with Gasteiger partial charge in [0.1, 0.15) is 5.82 Å². The van der Waals surface area contributed by atoms with E-state index in [0.717, 1.165) is 22.4 Å². The van der Waals surface area contributed by atoms with E-state index in [1.54, 1.807) is 18.2 Å². The van der Waals surface area contributed by atoms with E-state index in [2.05, 4.69) is 9.88 Å². The van der Waals surface area contributed by atoms with Crippen molar-refractivity contribution < 1.29 is 14.3 Å². The molecule has 2 heterocycles. The Morgan fingerprint density at radius 2 is 1.79 bits per heavy atom. The lowest BCUT2D eigenvalue weighted by Gasteiger charge is -2.08. The fraction of sp³-hybridized carbons (Fsp3) is 0.0909. The molecule has 0 atom stereocenters. The van der Waals surface area contributed by atoms with Crippen LogP contribution < -0.4 is 14.8 Å². The van der Waals surface area contributed by atoms with Gasteiger partial charge in [-0.3, -0.25) is 4.79 Å². The average Bonchev–Trinajstić information content (AvgIpc) is 3.33. The van der Waals surface area contributed by atoms with Crippen molar-refractivity contribution in [3.8, 4) is 22.9 Å². The van der Waals surface area contributed by atoms with Gasteiger partial charge in [-0.15, -0.1) is 0 Å². The lowest BCUT2D eigenvalue weighted by Crippen LogP contribution is -2.11. The average molecular weight is 371 g/mol. The van der Waals surface area contributed by atoms with Gasteiger partial charge in [-0.2, -0.15) is 0 Å². The molecule has 6 nitrogen and oxygen atoms in total. The number of para-hydroxylation sites is 2. The van der Waals surface area contributed by atoms with Gasteiger partial charge >= 0.3 is 0 Å². The maximum atomic E-state index is 12.5. The number of imidazole rings is 1. The summed E-state index contributed by atoms with van der Waals surface area (Å²) >= 11 is 0. The van der Waals surface area contributed by atoms with Gasteiger partial charge < -0.3 is 19.4 Å². The molecule has 138 valence electrons. The first-order valence-electron chi connectivity index (χ1n) is 8.92. The maximum Gasteiger partial charge on any atom is 0.255 e. The second-order valence-corrected chi connectivity index (χ2v) is 6.58. The van der Waals surface area contributed by atoms with E-state index in [0.29, 0.717) is 22.7 Å². The molecule has 3 aromatic carbocycles. The summed E-state index contributed by atoms with van der Waals surface area (Å²) < 4.78 is 12.7. The van der Waals surface area contributed by atoms with Crippen LogP contribution in [0.25, 0.3) is 22.4 Å². The van der Waals surface area contributed by atoms with Crippen LogP contribution in [-0.4, -0.2) is 22.3 Å². The summed E-state index contributed by atoms with van der Waals surface area (Å²) in [5.41, 5.74) is 4.26. The van der Waals surface area contributed by atoms with E-state index in [4.69, 9.17) is 14.5 Å². The highest BCUT2D eigenvalue weighted by atomic mass is 16.7. The van der Waals surface area contributed by atoms with Gasteiger partial charge in [0, 0.05) is 23.9 Å². The molecule has 1 aliphatic rings. The quantitative estimate of drug-likeness (QED) is 0.586. The van der Waals surface area contributed by atoms with Crippen molar-refractivity contribution in [2.24, 2.45) is 7.05 Å². The smallest absolute Gasteiger partial charge is 0.255 e. The Balaban J connectivity index is 1.37. The van der Waals surface area contributed by atoms with Crippen molar-refractivity contribution in [1.29, 1.82) is 0 Å². The number of aryl methyl sites for hydroxylation is 1. The Labute approximate surface area is 161 Å². The number of anilines is 1. The van der Waals surface area contributed by atoms with E-state index in [9.17, 15) is 4.79 Å². The minimum absolute atomic E-state index is 0.185. The third-order valence-corrected chi connectivity index (χ3v) is 4.82. The normalized spacial score (nSPS) is 12.3. The fourth-order valence-electron chi connectivity index (χ4n) is 3.35. The number of nitrogens with zero attached hydrogens (tertiary/aromatic N) is 2. The molecule has 5 rings (SSSR count). The summed E-state index contributed by atoms with van der Waals surface area (Å²) in [7, 11) is 2.00. The number of amides is 1. The van der Waals surface area contributed by atoms with Crippen LogP contribution in [0.5, 0.6) is 11.5 Å². The monoisotopic (exact) mass is 371 g/mol. The van der Waals surface area contributed by atoms with E-state index in [1.165, 1.54) is 0 Å². The van der Waals surface area contributed by atoms with E-state index >= 15 is 0 Å². The Morgan fingerprint density at radius 3 is 2.61 bits per heavy atom. The van der Waals surface area contributed by atoms with E-state index in [-0.39, 0.29) is 12.7 Å². The van der Waals surface area contributed by atoms with Gasteiger partial charge in [-0.1, -0.05) is 12.1 Å². The number of rotatable bonds is 3. The first-order valence-corrected chi connectivity index (χ1v) is 8.92. The molecule has 0 aliphatic carbocycles. The van der Waals surface area contributed by atoms with Gasteiger partial charge in [0.25, 0.3) is 5.91 Å². The molecule has 6 heteroatoms. The van der Waals surface area contributed by atoms with Crippen LogP contribution in [0.15, 0.2) is 66.7 Å². The van der Waals surface area contributed by atoms with Crippen LogP contribution >= 0.6 is 0 Å². The van der Waals surface area contributed by atoms with Crippen molar-refractivity contribution >= 4 is 22.6 Å². The molecular formula is C22H17N3O3. The summed E-state index contributed by atoms with van der Waals surface area (Å²) in [5.74, 6) is 1.93. The largest absolute Gasteiger partial charge is 0.454 e. The number of ether oxygens (including phenoxy) is 2. The molecule has 0 fully saturated rings. The van der Waals surface area contributed by atoms with Crippen LogP contribution in [0.3, 0.4) is 0 Å². The van der Waals surface area contributed by atoms with Crippen molar-refractivity contribution in [1.82, 2.24) is 9.55 Å². The Hall–Kier alpha value is -3.80. The number of fused-ring (bicyclic) bond motifs is 2. The number of benzene rings is 3. The predicted molar refractivity (Wildman–Crippen MR) is 107 cm³/mol. The van der Waals surface area contributed by atoms with Crippen LogP contribution in [0.2, 0.25) is 0 Å². The lowest BCUT2D eigenvalue weighted by atomic mass is 10.1. The topological polar surface area (TPSA) is 65.4 Å². The van der Waals surface area contributed by atoms with Crippen molar-refractivity contribution in [2.45, 2.75) is 0 Å². The van der Waals surface area contributed by atoms with E-state index < -0.39 is 0 Å². The van der Waals surface area contributed by atoms with Crippen molar-refractivity contribution in [2.75, 3.05) is 12.1 Å². The fourth-order valence-corrected chi connectivity index (χ4v) is 3.35. The number of carbonyl (C=O) groups is 1. The molecule has 1 amide bonds. The van der Waals surface area contributed by atoms with Crippen LogP contribution in [-0.2, 0) is 7.05 Å². The second-order valence-electron chi connectivity index (χ2n) is 6.58. The predicted octanol–water partition coefficient (Wildman–Crippen LogP) is 4.22. The Kier molecular flexibility index (Phi) is 3.76. The van der Waals surface area contributed by atoms with Crippen molar-refractivity contribution in [3.63, 3.8) is 0 Å². The Morgan fingerprint density at radius 1 is 1.00 bits per heavy atom. The van der Waals surface area contributed by atoms with Crippen molar-refractivity contribution in [3.05, 3.63) is 72.3 Å². The zero-order valence-electron chi connectivity index (χ0n) is 15.2. The standard InChI is InChI=1S/C22H17N3O3/c1-25-18-5-3-2-4-17(18)24-21(25)14-6-9-16(10-7-14)23-22(26)15-8-11-19-20(12-15)28-13-27-19/h2-12H,13H2,1H3,(H,23,26). The summed E-state index contributed by atoms with van der Waals surface area (Å²) in [6, 6.07) is 20.8. The SMILES string of the molecule is Cn1c(-c2ccc(NC(=O)c3ccc4c(c3)OCO4)cc2)nc2ccccc21. The third kappa shape index (κ3) is 2.75. The van der Waals surface area contributed by atoms with Crippen LogP contribution in [0, 0.1) is 0 Å². The molecule has 4 aromatic rings. The lowest BCUT2D eigenvalue weighted by molar-refractivity contribution is 0.102. The molecule has 0 saturated heterocycles. The highest BCUT2D eigenvalue weighted by Crippen LogP contribution is 2.32. The molecule has 1 aromatic heterocycles. The van der Waals surface area contributed by atoms with Gasteiger partial charge in [-0.05, 0) is 54.6 Å². The molecule has 0 spiro atoms. The summed E-state index contributed by atoms with van der Waals surface area (Å²) in [6.45, 7) is 0.185. The zero-order chi connectivity index (χ0) is 19.1. The molecule has 0 unspecified atom stereocenters. The molecule has 1 N–H and O–H groups in total. The highest BCUT2D eigenvalue weighted by molar-refractivity contribution is 6.04. The maximum absolute atomic E-state index is 12.5. The summed E-state index contributed by atoms with van der Waals surface area (Å²) in [6.07, 6.45) is 0. The number of hydrogen-bond acceptors (Lipinski definition) is 4. The Bertz CT molecular complexity index is 1200. The minimum Gasteiger partial charge on any atom is -0.454 e. The number of aromatic nitrogens is 2. The van der Waals surface area contributed by atoms with Crippen LogP contribution in [0.4, 0.5) is 5.69 Å². The molecule has 0 bridgehead atoms. The zero-order valence-corrected chi connectivity index (χ0v) is 15.2. The van der Waals surface area contributed by atoms with Gasteiger partial charge in [0.05, 0.1) is 11.0 Å². The molecule has 1 aliphatic heterocycles. The highest BCUT2D eigenvalue weighted by Gasteiger charge is 2.16. The first kappa shape index (κ1) is 16.4. The molecule has 0 radical (unpaired) electrons. The number of nitrogens with one attached hydrogen (secondary N) is 1. The number of hydrogen-bond donors (Lipinski definition) is 1. The number of carbonyl (C=O) groups excluding carboxylic acids is 1. The third-order valence-electron chi connectivity index (χ3n) is 4.82. The minimum atomic E-state index is -0.200.